The molecule has 1 atom stereocenters. The highest BCUT2D eigenvalue weighted by Gasteiger charge is 2.25. The molecule has 0 aliphatic carbocycles. The van der Waals surface area contributed by atoms with Crippen LogP contribution in [0.5, 0.6) is 0 Å². The highest BCUT2D eigenvalue weighted by atomic mass is 19.1. The summed E-state index contributed by atoms with van der Waals surface area (Å²) in [5, 5.41) is 8.64. The van der Waals surface area contributed by atoms with Crippen molar-refractivity contribution in [3.63, 3.8) is 0 Å². The summed E-state index contributed by atoms with van der Waals surface area (Å²) in [5.41, 5.74) is 0.545. The van der Waals surface area contributed by atoms with E-state index in [0.29, 0.717) is 31.7 Å². The standard InChI is InChI=1S/C16H18FNO3/c1-12-11-21-9-7-18(12)16(20)14-6-5-13(15(17)10-14)4-2-3-8-19/h5-6,10,12,19H,3,7-9,11H2,1H3. The monoisotopic (exact) mass is 291 g/mol. The fourth-order valence-electron chi connectivity index (χ4n) is 2.16. The molecule has 1 aliphatic heterocycles. The minimum Gasteiger partial charge on any atom is -0.395 e. The molecule has 112 valence electrons. The average Bonchev–Trinajstić information content (AvgIpc) is 2.49. The van der Waals surface area contributed by atoms with E-state index in [1.54, 1.807) is 11.0 Å². The van der Waals surface area contributed by atoms with E-state index in [1.807, 2.05) is 6.92 Å². The summed E-state index contributed by atoms with van der Waals surface area (Å²) in [5.74, 6) is 4.58. The fraction of sp³-hybridized carbons (Fsp3) is 0.438. The summed E-state index contributed by atoms with van der Waals surface area (Å²) in [6.45, 7) is 3.37. The SMILES string of the molecule is CC1COCCN1C(=O)c1ccc(C#CCCO)c(F)c1. The zero-order chi connectivity index (χ0) is 15.2. The quantitative estimate of drug-likeness (QED) is 0.838. The fourth-order valence-corrected chi connectivity index (χ4v) is 2.16. The van der Waals surface area contributed by atoms with Gasteiger partial charge in [0.15, 0.2) is 0 Å². The van der Waals surface area contributed by atoms with Gasteiger partial charge >= 0.3 is 0 Å². The molecule has 1 fully saturated rings. The molecule has 4 nitrogen and oxygen atoms in total. The minimum absolute atomic E-state index is 0.0154. The number of aliphatic hydroxyl groups excluding tert-OH is 1. The zero-order valence-electron chi connectivity index (χ0n) is 11.9. The van der Waals surface area contributed by atoms with Gasteiger partial charge < -0.3 is 14.7 Å². The van der Waals surface area contributed by atoms with Crippen LogP contribution in [-0.4, -0.2) is 48.3 Å². The molecule has 0 aromatic heterocycles. The Balaban J connectivity index is 2.16. The van der Waals surface area contributed by atoms with Crippen LogP contribution in [0.15, 0.2) is 18.2 Å². The highest BCUT2D eigenvalue weighted by Crippen LogP contribution is 2.15. The van der Waals surface area contributed by atoms with Crippen molar-refractivity contribution in [2.45, 2.75) is 19.4 Å². The first-order chi connectivity index (χ1) is 10.1. The summed E-state index contributed by atoms with van der Waals surface area (Å²) in [6, 6.07) is 4.28. The molecule has 1 amide bonds. The lowest BCUT2D eigenvalue weighted by atomic mass is 10.1. The number of carbonyl (C=O) groups is 1. The normalized spacial score (nSPS) is 18.0. The molecule has 0 spiro atoms. The Hall–Kier alpha value is -1.90. The van der Waals surface area contributed by atoms with Crippen molar-refractivity contribution in [1.29, 1.82) is 0 Å². The van der Waals surface area contributed by atoms with Crippen LogP contribution >= 0.6 is 0 Å². The molecular weight excluding hydrogens is 273 g/mol. The van der Waals surface area contributed by atoms with Gasteiger partial charge in [0, 0.05) is 18.5 Å². The number of halogens is 1. The van der Waals surface area contributed by atoms with Crippen LogP contribution in [0.25, 0.3) is 0 Å². The van der Waals surface area contributed by atoms with Crippen LogP contribution in [0.1, 0.15) is 29.3 Å². The predicted octanol–water partition coefficient (Wildman–Crippen LogP) is 1.42. The lowest BCUT2D eigenvalue weighted by Gasteiger charge is -2.33. The van der Waals surface area contributed by atoms with E-state index in [4.69, 9.17) is 9.84 Å². The van der Waals surface area contributed by atoms with Gasteiger partial charge in [-0.15, -0.1) is 0 Å². The number of morpholine rings is 1. The Morgan fingerprint density at radius 2 is 2.38 bits per heavy atom. The van der Waals surface area contributed by atoms with E-state index in [0.717, 1.165) is 0 Å². The summed E-state index contributed by atoms with van der Waals surface area (Å²) < 4.78 is 19.2. The number of amides is 1. The maximum absolute atomic E-state index is 13.9. The first-order valence-electron chi connectivity index (χ1n) is 6.91. The summed E-state index contributed by atoms with van der Waals surface area (Å²) in [7, 11) is 0. The molecule has 21 heavy (non-hydrogen) atoms. The first-order valence-corrected chi connectivity index (χ1v) is 6.91. The van der Waals surface area contributed by atoms with Crippen LogP contribution in [-0.2, 0) is 4.74 Å². The zero-order valence-corrected chi connectivity index (χ0v) is 11.9. The van der Waals surface area contributed by atoms with Crippen molar-refractivity contribution in [3.8, 4) is 11.8 Å². The van der Waals surface area contributed by atoms with Gasteiger partial charge in [0.05, 0.1) is 31.4 Å². The number of nitrogens with zero attached hydrogens (tertiary/aromatic N) is 1. The second-order valence-electron chi connectivity index (χ2n) is 4.89. The van der Waals surface area contributed by atoms with Crippen molar-refractivity contribution in [3.05, 3.63) is 35.1 Å². The topological polar surface area (TPSA) is 49.8 Å². The van der Waals surface area contributed by atoms with E-state index in [1.165, 1.54) is 12.1 Å². The van der Waals surface area contributed by atoms with Gasteiger partial charge in [0.25, 0.3) is 5.91 Å². The van der Waals surface area contributed by atoms with Gasteiger partial charge in [0.2, 0.25) is 0 Å². The lowest BCUT2D eigenvalue weighted by Crippen LogP contribution is -2.47. The molecule has 1 aliphatic rings. The molecule has 1 aromatic carbocycles. The van der Waals surface area contributed by atoms with E-state index in [9.17, 15) is 9.18 Å². The largest absolute Gasteiger partial charge is 0.395 e. The number of hydrogen-bond acceptors (Lipinski definition) is 3. The van der Waals surface area contributed by atoms with Crippen molar-refractivity contribution in [2.24, 2.45) is 0 Å². The molecule has 1 aromatic rings. The summed E-state index contributed by atoms with van der Waals surface area (Å²) in [6.07, 6.45) is 0.297. The van der Waals surface area contributed by atoms with E-state index in [2.05, 4.69) is 11.8 Å². The molecule has 1 unspecified atom stereocenters. The number of hydrogen-bond donors (Lipinski definition) is 1. The minimum atomic E-state index is -0.521. The van der Waals surface area contributed by atoms with Gasteiger partial charge in [-0.2, -0.15) is 0 Å². The Morgan fingerprint density at radius 3 is 3.05 bits per heavy atom. The van der Waals surface area contributed by atoms with Crippen LogP contribution in [0.2, 0.25) is 0 Å². The smallest absolute Gasteiger partial charge is 0.254 e. The number of ether oxygens (including phenoxy) is 1. The number of benzene rings is 1. The summed E-state index contributed by atoms with van der Waals surface area (Å²) >= 11 is 0. The molecule has 1 heterocycles. The van der Waals surface area contributed by atoms with Gasteiger partial charge in [-0.05, 0) is 25.1 Å². The third-order valence-corrected chi connectivity index (χ3v) is 3.30. The number of aliphatic hydroxyl groups is 1. The maximum Gasteiger partial charge on any atom is 0.254 e. The third-order valence-electron chi connectivity index (χ3n) is 3.30. The van der Waals surface area contributed by atoms with Crippen LogP contribution in [0.4, 0.5) is 4.39 Å². The molecule has 1 saturated heterocycles. The van der Waals surface area contributed by atoms with Crippen molar-refractivity contribution in [2.75, 3.05) is 26.4 Å². The Bertz CT molecular complexity index is 577. The van der Waals surface area contributed by atoms with Crippen LogP contribution < -0.4 is 0 Å². The van der Waals surface area contributed by atoms with Crippen molar-refractivity contribution >= 4 is 5.91 Å². The second kappa shape index (κ2) is 7.21. The Kier molecular flexibility index (Phi) is 5.32. The summed E-state index contributed by atoms with van der Waals surface area (Å²) in [4.78, 5) is 14.1. The van der Waals surface area contributed by atoms with E-state index < -0.39 is 5.82 Å². The molecule has 0 radical (unpaired) electrons. The number of rotatable bonds is 2. The highest BCUT2D eigenvalue weighted by molar-refractivity contribution is 5.94. The average molecular weight is 291 g/mol. The first kappa shape index (κ1) is 15.5. The van der Waals surface area contributed by atoms with E-state index in [-0.39, 0.29) is 24.1 Å². The van der Waals surface area contributed by atoms with Crippen LogP contribution in [0, 0.1) is 17.7 Å². The van der Waals surface area contributed by atoms with Gasteiger partial charge in [-0.3, -0.25) is 4.79 Å². The van der Waals surface area contributed by atoms with Gasteiger partial charge in [-0.1, -0.05) is 11.8 Å². The molecule has 1 N–H and O–H groups in total. The van der Waals surface area contributed by atoms with Crippen LogP contribution in [0.3, 0.4) is 0 Å². The van der Waals surface area contributed by atoms with Crippen molar-refractivity contribution in [1.82, 2.24) is 4.90 Å². The molecule has 5 heteroatoms. The number of carbonyl (C=O) groups excluding carboxylic acids is 1. The molecular formula is C16H18FNO3. The Labute approximate surface area is 123 Å². The van der Waals surface area contributed by atoms with Crippen molar-refractivity contribution < 1.29 is 19.0 Å². The van der Waals surface area contributed by atoms with E-state index >= 15 is 0 Å². The second-order valence-corrected chi connectivity index (χ2v) is 4.89. The molecule has 0 bridgehead atoms. The van der Waals surface area contributed by atoms with Gasteiger partial charge in [0.1, 0.15) is 5.82 Å². The lowest BCUT2D eigenvalue weighted by molar-refractivity contribution is 0.00357. The predicted molar refractivity (Wildman–Crippen MR) is 76.3 cm³/mol. The Morgan fingerprint density at radius 1 is 1.57 bits per heavy atom. The van der Waals surface area contributed by atoms with Gasteiger partial charge in [-0.25, -0.2) is 4.39 Å². The molecule has 0 saturated carbocycles. The maximum atomic E-state index is 13.9. The molecule has 2 rings (SSSR count). The third kappa shape index (κ3) is 3.81.